The molecule has 0 bridgehead atoms. The van der Waals surface area contributed by atoms with E-state index in [4.69, 9.17) is 4.74 Å². The van der Waals surface area contributed by atoms with Crippen LogP contribution in [0.5, 0.6) is 5.88 Å². The van der Waals surface area contributed by atoms with Crippen LogP contribution >= 0.6 is 0 Å². The van der Waals surface area contributed by atoms with Gasteiger partial charge in [-0.1, -0.05) is 6.07 Å². The number of aliphatic imine (C=N–C) groups is 1. The molecule has 0 saturated heterocycles. The van der Waals surface area contributed by atoms with E-state index in [1.165, 1.54) is 0 Å². The predicted octanol–water partition coefficient (Wildman–Crippen LogP) is 1.31. The van der Waals surface area contributed by atoms with Gasteiger partial charge in [0.2, 0.25) is 5.88 Å². The largest absolute Gasteiger partial charge is 0.475 e. The van der Waals surface area contributed by atoms with Gasteiger partial charge in [-0.25, -0.2) is 4.98 Å². The van der Waals surface area contributed by atoms with Crippen LogP contribution in [0.3, 0.4) is 0 Å². The highest BCUT2D eigenvalue weighted by Crippen LogP contribution is 2.09. The molecule has 2 rings (SSSR count). The number of rotatable bonds is 4. The van der Waals surface area contributed by atoms with E-state index < -0.39 is 0 Å². The zero-order valence-electron chi connectivity index (χ0n) is 11.1. The Balaban J connectivity index is 1.83. The molecule has 0 saturated carbocycles. The maximum atomic E-state index is 5.49. The van der Waals surface area contributed by atoms with Crippen molar-refractivity contribution in [2.75, 3.05) is 6.54 Å². The topological polar surface area (TPSA) is 58.5 Å². The molecular formula is C13H20N4O. The fraction of sp³-hybridized carbons (Fsp3) is 0.538. The molecule has 1 unspecified atom stereocenters. The van der Waals surface area contributed by atoms with Crippen LogP contribution in [-0.2, 0) is 6.54 Å². The zero-order valence-corrected chi connectivity index (χ0v) is 11.1. The van der Waals surface area contributed by atoms with Gasteiger partial charge in [-0.05, 0) is 26.3 Å². The molecule has 98 valence electrons. The van der Waals surface area contributed by atoms with Crippen LogP contribution in [0.4, 0.5) is 0 Å². The zero-order chi connectivity index (χ0) is 13.0. The smallest absolute Gasteiger partial charge is 0.213 e. The summed E-state index contributed by atoms with van der Waals surface area (Å²) < 4.78 is 5.49. The van der Waals surface area contributed by atoms with Gasteiger partial charge in [0, 0.05) is 24.8 Å². The summed E-state index contributed by atoms with van der Waals surface area (Å²) in [6.45, 7) is 7.64. The van der Waals surface area contributed by atoms with Crippen molar-refractivity contribution in [3.8, 4) is 5.88 Å². The Morgan fingerprint density at radius 1 is 1.50 bits per heavy atom. The molecule has 1 aromatic rings. The second-order valence-electron chi connectivity index (χ2n) is 4.76. The average Bonchev–Trinajstić information content (AvgIpc) is 2.74. The van der Waals surface area contributed by atoms with E-state index in [1.807, 2.05) is 32.2 Å². The molecule has 2 N–H and O–H groups in total. The van der Waals surface area contributed by atoms with E-state index in [0.29, 0.717) is 18.5 Å². The highest BCUT2D eigenvalue weighted by atomic mass is 16.5. The van der Waals surface area contributed by atoms with Gasteiger partial charge in [-0.15, -0.1) is 0 Å². The van der Waals surface area contributed by atoms with Crippen LogP contribution in [0.2, 0.25) is 0 Å². The van der Waals surface area contributed by atoms with E-state index in [-0.39, 0.29) is 6.10 Å². The number of ether oxygens (including phenoxy) is 1. The third-order valence-corrected chi connectivity index (χ3v) is 2.52. The molecule has 2 heterocycles. The molecule has 0 radical (unpaired) electrons. The van der Waals surface area contributed by atoms with Gasteiger partial charge in [0.25, 0.3) is 0 Å². The first kappa shape index (κ1) is 12.7. The summed E-state index contributed by atoms with van der Waals surface area (Å²) in [6, 6.07) is 4.33. The Morgan fingerprint density at radius 2 is 2.33 bits per heavy atom. The SMILES string of the molecule is CC1CN=C(NCc2ccc(OC(C)C)nc2)N1. The molecule has 1 aliphatic rings. The molecule has 1 atom stereocenters. The van der Waals surface area contributed by atoms with Crippen LogP contribution in [0.1, 0.15) is 26.3 Å². The summed E-state index contributed by atoms with van der Waals surface area (Å²) in [7, 11) is 0. The molecule has 0 amide bonds. The molecule has 1 aliphatic heterocycles. The number of guanidine groups is 1. The Kier molecular flexibility index (Phi) is 4.02. The summed E-state index contributed by atoms with van der Waals surface area (Å²) in [5, 5.41) is 6.50. The van der Waals surface area contributed by atoms with Crippen molar-refractivity contribution in [3.63, 3.8) is 0 Å². The molecule has 0 aromatic carbocycles. The number of pyridine rings is 1. The molecule has 0 spiro atoms. The summed E-state index contributed by atoms with van der Waals surface area (Å²) >= 11 is 0. The monoisotopic (exact) mass is 248 g/mol. The van der Waals surface area contributed by atoms with Crippen LogP contribution in [0, 0.1) is 0 Å². The van der Waals surface area contributed by atoms with Gasteiger partial charge >= 0.3 is 0 Å². The fourth-order valence-corrected chi connectivity index (χ4v) is 1.67. The van der Waals surface area contributed by atoms with Crippen molar-refractivity contribution in [2.45, 2.75) is 39.5 Å². The predicted molar refractivity (Wildman–Crippen MR) is 71.7 cm³/mol. The van der Waals surface area contributed by atoms with E-state index >= 15 is 0 Å². The van der Waals surface area contributed by atoms with Crippen molar-refractivity contribution in [2.24, 2.45) is 4.99 Å². The maximum Gasteiger partial charge on any atom is 0.213 e. The summed E-state index contributed by atoms with van der Waals surface area (Å²) in [5.41, 5.74) is 1.11. The van der Waals surface area contributed by atoms with Crippen molar-refractivity contribution in [3.05, 3.63) is 23.9 Å². The number of hydrogen-bond acceptors (Lipinski definition) is 5. The van der Waals surface area contributed by atoms with Gasteiger partial charge in [0.1, 0.15) is 0 Å². The number of aromatic nitrogens is 1. The summed E-state index contributed by atoms with van der Waals surface area (Å²) in [4.78, 5) is 8.59. The summed E-state index contributed by atoms with van der Waals surface area (Å²) in [6.07, 6.45) is 1.98. The Bertz CT molecular complexity index is 414. The second-order valence-corrected chi connectivity index (χ2v) is 4.76. The highest BCUT2D eigenvalue weighted by molar-refractivity contribution is 5.81. The van der Waals surface area contributed by atoms with Crippen LogP contribution in [-0.4, -0.2) is 29.6 Å². The van der Waals surface area contributed by atoms with E-state index in [0.717, 1.165) is 18.1 Å². The van der Waals surface area contributed by atoms with E-state index in [2.05, 4.69) is 27.5 Å². The normalized spacial score (nSPS) is 18.4. The number of nitrogens with zero attached hydrogens (tertiary/aromatic N) is 2. The third-order valence-electron chi connectivity index (χ3n) is 2.52. The van der Waals surface area contributed by atoms with Gasteiger partial charge < -0.3 is 15.4 Å². The lowest BCUT2D eigenvalue weighted by Gasteiger charge is -2.10. The Hall–Kier alpha value is -1.78. The third kappa shape index (κ3) is 3.61. The highest BCUT2D eigenvalue weighted by Gasteiger charge is 2.11. The first-order chi connectivity index (χ1) is 8.63. The lowest BCUT2D eigenvalue weighted by atomic mass is 10.3. The number of hydrogen-bond donors (Lipinski definition) is 2. The Morgan fingerprint density at radius 3 is 2.89 bits per heavy atom. The average molecular weight is 248 g/mol. The van der Waals surface area contributed by atoms with Crippen LogP contribution < -0.4 is 15.4 Å². The van der Waals surface area contributed by atoms with Gasteiger partial charge in [-0.3, -0.25) is 4.99 Å². The molecule has 0 aliphatic carbocycles. The summed E-state index contributed by atoms with van der Waals surface area (Å²) in [5.74, 6) is 1.53. The van der Waals surface area contributed by atoms with Crippen molar-refractivity contribution in [1.29, 1.82) is 0 Å². The van der Waals surface area contributed by atoms with Gasteiger partial charge in [-0.2, -0.15) is 0 Å². The van der Waals surface area contributed by atoms with E-state index in [9.17, 15) is 0 Å². The lowest BCUT2D eigenvalue weighted by Crippen LogP contribution is -2.37. The first-order valence-electron chi connectivity index (χ1n) is 6.30. The lowest BCUT2D eigenvalue weighted by molar-refractivity contribution is 0.232. The molecule has 5 heteroatoms. The minimum absolute atomic E-state index is 0.153. The molecular weight excluding hydrogens is 228 g/mol. The standard InChI is InChI=1S/C13H20N4O/c1-9(2)18-12-5-4-11(7-14-12)8-16-13-15-6-10(3)17-13/h4-5,7,9-10H,6,8H2,1-3H3,(H2,15,16,17). The quantitative estimate of drug-likeness (QED) is 0.843. The van der Waals surface area contributed by atoms with Crippen molar-refractivity contribution in [1.82, 2.24) is 15.6 Å². The minimum Gasteiger partial charge on any atom is -0.475 e. The van der Waals surface area contributed by atoms with Crippen LogP contribution in [0.15, 0.2) is 23.3 Å². The number of nitrogens with one attached hydrogen (secondary N) is 2. The minimum atomic E-state index is 0.153. The maximum absolute atomic E-state index is 5.49. The van der Waals surface area contributed by atoms with Gasteiger partial charge in [0.15, 0.2) is 5.96 Å². The first-order valence-corrected chi connectivity index (χ1v) is 6.30. The van der Waals surface area contributed by atoms with Gasteiger partial charge in [0.05, 0.1) is 12.6 Å². The second kappa shape index (κ2) is 5.71. The van der Waals surface area contributed by atoms with Crippen molar-refractivity contribution < 1.29 is 4.74 Å². The van der Waals surface area contributed by atoms with E-state index in [1.54, 1.807) is 0 Å². The fourth-order valence-electron chi connectivity index (χ4n) is 1.67. The molecule has 18 heavy (non-hydrogen) atoms. The Labute approximate surface area is 108 Å². The van der Waals surface area contributed by atoms with Crippen molar-refractivity contribution >= 4 is 5.96 Å². The molecule has 5 nitrogen and oxygen atoms in total. The molecule has 1 aromatic heterocycles. The van der Waals surface area contributed by atoms with Crippen LogP contribution in [0.25, 0.3) is 0 Å². The molecule has 0 fully saturated rings.